The van der Waals surface area contributed by atoms with E-state index in [1.807, 2.05) is 6.92 Å². The highest BCUT2D eigenvalue weighted by atomic mass is 16.3. The number of nitrogens with one attached hydrogen (secondary N) is 1. The van der Waals surface area contributed by atoms with Crippen LogP contribution in [0.5, 0.6) is 0 Å². The van der Waals surface area contributed by atoms with E-state index in [1.54, 1.807) is 49.5 Å². The SMILES string of the molecule is Cc1cc(C(=O)Nc2ccc(C(C)O)cc2)ccn1. The molecule has 1 heterocycles. The summed E-state index contributed by atoms with van der Waals surface area (Å²) in [7, 11) is 0. The molecule has 2 N–H and O–H groups in total. The van der Waals surface area contributed by atoms with Gasteiger partial charge in [-0.25, -0.2) is 0 Å². The lowest BCUT2D eigenvalue weighted by atomic mass is 10.1. The Morgan fingerprint density at radius 2 is 1.95 bits per heavy atom. The average Bonchev–Trinajstić information content (AvgIpc) is 2.39. The highest BCUT2D eigenvalue weighted by Crippen LogP contribution is 2.16. The molecule has 1 unspecified atom stereocenters. The summed E-state index contributed by atoms with van der Waals surface area (Å²) < 4.78 is 0. The van der Waals surface area contributed by atoms with Gasteiger partial charge in [0.1, 0.15) is 0 Å². The summed E-state index contributed by atoms with van der Waals surface area (Å²) >= 11 is 0. The predicted molar refractivity (Wildman–Crippen MR) is 74.0 cm³/mol. The van der Waals surface area contributed by atoms with Gasteiger partial charge in [0.25, 0.3) is 5.91 Å². The highest BCUT2D eigenvalue weighted by Gasteiger charge is 2.07. The lowest BCUT2D eigenvalue weighted by Gasteiger charge is -2.08. The summed E-state index contributed by atoms with van der Waals surface area (Å²) in [6.45, 7) is 3.54. The van der Waals surface area contributed by atoms with Crippen LogP contribution >= 0.6 is 0 Å². The highest BCUT2D eigenvalue weighted by molar-refractivity contribution is 6.04. The number of hydrogen-bond donors (Lipinski definition) is 2. The minimum Gasteiger partial charge on any atom is -0.389 e. The third-order valence-electron chi connectivity index (χ3n) is 2.81. The van der Waals surface area contributed by atoms with Crippen molar-refractivity contribution in [2.24, 2.45) is 0 Å². The molecular weight excluding hydrogens is 240 g/mol. The molecule has 0 fully saturated rings. The van der Waals surface area contributed by atoms with Crippen LogP contribution in [0.25, 0.3) is 0 Å². The Bertz CT molecular complexity index is 577. The average molecular weight is 256 g/mol. The maximum absolute atomic E-state index is 12.0. The Balaban J connectivity index is 2.10. The fourth-order valence-electron chi connectivity index (χ4n) is 1.74. The number of aliphatic hydroxyl groups excluding tert-OH is 1. The minimum atomic E-state index is -0.507. The monoisotopic (exact) mass is 256 g/mol. The number of aromatic nitrogens is 1. The number of aliphatic hydroxyl groups is 1. The molecule has 0 aliphatic rings. The quantitative estimate of drug-likeness (QED) is 0.887. The van der Waals surface area contributed by atoms with Gasteiger partial charge in [0.05, 0.1) is 6.10 Å². The van der Waals surface area contributed by atoms with Crippen LogP contribution in [0.15, 0.2) is 42.6 Å². The first-order valence-electron chi connectivity index (χ1n) is 6.08. The third kappa shape index (κ3) is 3.39. The number of anilines is 1. The molecule has 0 aliphatic heterocycles. The molecule has 1 aromatic carbocycles. The van der Waals surface area contributed by atoms with E-state index < -0.39 is 6.10 Å². The molecule has 0 spiro atoms. The molecule has 0 saturated carbocycles. The van der Waals surface area contributed by atoms with Crippen molar-refractivity contribution in [3.63, 3.8) is 0 Å². The number of pyridine rings is 1. The molecule has 0 aliphatic carbocycles. The molecule has 98 valence electrons. The second kappa shape index (κ2) is 5.63. The van der Waals surface area contributed by atoms with E-state index in [0.717, 1.165) is 11.3 Å². The zero-order valence-corrected chi connectivity index (χ0v) is 10.9. The summed E-state index contributed by atoms with van der Waals surface area (Å²) in [6, 6.07) is 10.5. The molecule has 0 saturated heterocycles. The number of aryl methyl sites for hydroxylation is 1. The van der Waals surface area contributed by atoms with E-state index in [2.05, 4.69) is 10.3 Å². The van der Waals surface area contributed by atoms with E-state index in [4.69, 9.17) is 0 Å². The normalized spacial score (nSPS) is 11.9. The fourth-order valence-corrected chi connectivity index (χ4v) is 1.74. The first-order valence-corrected chi connectivity index (χ1v) is 6.08. The molecule has 4 nitrogen and oxygen atoms in total. The lowest BCUT2D eigenvalue weighted by Crippen LogP contribution is -2.12. The van der Waals surface area contributed by atoms with Gasteiger partial charge < -0.3 is 10.4 Å². The van der Waals surface area contributed by atoms with Crippen LogP contribution in [0.1, 0.15) is 34.6 Å². The zero-order chi connectivity index (χ0) is 13.8. The second-order valence-electron chi connectivity index (χ2n) is 4.44. The van der Waals surface area contributed by atoms with Gasteiger partial charge in [-0.1, -0.05) is 12.1 Å². The second-order valence-corrected chi connectivity index (χ2v) is 4.44. The van der Waals surface area contributed by atoms with E-state index in [9.17, 15) is 9.90 Å². The van der Waals surface area contributed by atoms with Gasteiger partial charge in [0.2, 0.25) is 0 Å². The molecule has 19 heavy (non-hydrogen) atoms. The van der Waals surface area contributed by atoms with Gasteiger partial charge in [-0.05, 0) is 43.7 Å². The van der Waals surface area contributed by atoms with Crippen LogP contribution in [0.4, 0.5) is 5.69 Å². The van der Waals surface area contributed by atoms with Crippen molar-refractivity contribution in [1.82, 2.24) is 4.98 Å². The summed E-state index contributed by atoms with van der Waals surface area (Å²) in [4.78, 5) is 16.0. The van der Waals surface area contributed by atoms with Crippen molar-refractivity contribution in [2.75, 3.05) is 5.32 Å². The maximum Gasteiger partial charge on any atom is 0.255 e. The van der Waals surface area contributed by atoms with Crippen LogP contribution in [0, 0.1) is 6.92 Å². The number of carbonyl (C=O) groups excluding carboxylic acids is 1. The zero-order valence-electron chi connectivity index (χ0n) is 10.9. The Morgan fingerprint density at radius 1 is 1.26 bits per heavy atom. The van der Waals surface area contributed by atoms with Gasteiger partial charge in [0.15, 0.2) is 0 Å². The van der Waals surface area contributed by atoms with Crippen LogP contribution in [-0.4, -0.2) is 16.0 Å². The number of amides is 1. The van der Waals surface area contributed by atoms with Gasteiger partial charge in [0, 0.05) is 23.1 Å². The number of carbonyl (C=O) groups is 1. The molecule has 2 aromatic rings. The molecular formula is C15H16N2O2. The van der Waals surface area contributed by atoms with E-state index in [-0.39, 0.29) is 5.91 Å². The molecule has 0 radical (unpaired) electrons. The van der Waals surface area contributed by atoms with Crippen molar-refractivity contribution < 1.29 is 9.90 Å². The molecule has 4 heteroatoms. The van der Waals surface area contributed by atoms with Gasteiger partial charge >= 0.3 is 0 Å². The van der Waals surface area contributed by atoms with Gasteiger partial charge in [-0.15, -0.1) is 0 Å². The van der Waals surface area contributed by atoms with Crippen molar-refractivity contribution in [3.8, 4) is 0 Å². The first-order chi connectivity index (χ1) is 9.06. The van der Waals surface area contributed by atoms with Crippen LogP contribution < -0.4 is 5.32 Å². The predicted octanol–water partition coefficient (Wildman–Crippen LogP) is 2.70. The van der Waals surface area contributed by atoms with Gasteiger partial charge in [-0.2, -0.15) is 0 Å². The summed E-state index contributed by atoms with van der Waals surface area (Å²) in [5.41, 5.74) is 2.89. The first kappa shape index (κ1) is 13.2. The Hall–Kier alpha value is -2.20. The van der Waals surface area contributed by atoms with E-state index >= 15 is 0 Å². The van der Waals surface area contributed by atoms with Crippen molar-refractivity contribution in [1.29, 1.82) is 0 Å². The minimum absolute atomic E-state index is 0.171. The Kier molecular flexibility index (Phi) is 3.92. The smallest absolute Gasteiger partial charge is 0.255 e. The van der Waals surface area contributed by atoms with Crippen LogP contribution in [0.2, 0.25) is 0 Å². The standard InChI is InChI=1S/C15H16N2O2/c1-10-9-13(7-8-16-10)15(19)17-14-5-3-12(4-6-14)11(2)18/h3-9,11,18H,1-2H3,(H,17,19). The van der Waals surface area contributed by atoms with Crippen molar-refractivity contribution in [3.05, 3.63) is 59.4 Å². The molecule has 2 rings (SSSR count). The molecule has 1 atom stereocenters. The summed E-state index contributed by atoms with van der Waals surface area (Å²) in [6.07, 6.45) is 1.11. The topological polar surface area (TPSA) is 62.2 Å². The lowest BCUT2D eigenvalue weighted by molar-refractivity contribution is 0.102. The number of rotatable bonds is 3. The third-order valence-corrected chi connectivity index (χ3v) is 2.81. The molecule has 0 bridgehead atoms. The van der Waals surface area contributed by atoms with Crippen LogP contribution in [-0.2, 0) is 0 Å². The molecule has 1 amide bonds. The number of hydrogen-bond acceptors (Lipinski definition) is 3. The van der Waals surface area contributed by atoms with E-state index in [1.165, 1.54) is 0 Å². The Labute approximate surface area is 112 Å². The number of benzene rings is 1. The summed E-state index contributed by atoms with van der Waals surface area (Å²) in [5.74, 6) is -0.171. The summed E-state index contributed by atoms with van der Waals surface area (Å²) in [5, 5.41) is 12.2. The number of nitrogens with zero attached hydrogens (tertiary/aromatic N) is 1. The van der Waals surface area contributed by atoms with Crippen LogP contribution in [0.3, 0.4) is 0 Å². The van der Waals surface area contributed by atoms with Crippen molar-refractivity contribution in [2.45, 2.75) is 20.0 Å². The van der Waals surface area contributed by atoms with Gasteiger partial charge in [-0.3, -0.25) is 9.78 Å². The Morgan fingerprint density at radius 3 is 2.53 bits per heavy atom. The van der Waals surface area contributed by atoms with E-state index in [0.29, 0.717) is 11.3 Å². The molecule has 1 aromatic heterocycles. The largest absolute Gasteiger partial charge is 0.389 e. The van der Waals surface area contributed by atoms with Crippen molar-refractivity contribution >= 4 is 11.6 Å². The fraction of sp³-hybridized carbons (Fsp3) is 0.200. The maximum atomic E-state index is 12.0.